The minimum absolute atomic E-state index is 0.260. The lowest BCUT2D eigenvalue weighted by Gasteiger charge is -2.13. The monoisotopic (exact) mass is 407 g/mol. The summed E-state index contributed by atoms with van der Waals surface area (Å²) in [5, 5.41) is 7.76. The van der Waals surface area contributed by atoms with Crippen molar-refractivity contribution >= 4 is 29.4 Å². The van der Waals surface area contributed by atoms with Crippen LogP contribution in [-0.2, 0) is 11.4 Å². The molecule has 0 saturated carbocycles. The van der Waals surface area contributed by atoms with Gasteiger partial charge in [0.25, 0.3) is 5.91 Å². The molecule has 5 nitrogen and oxygen atoms in total. The Labute approximate surface area is 175 Å². The third kappa shape index (κ3) is 6.36. The van der Waals surface area contributed by atoms with Crippen LogP contribution in [0, 0.1) is 0 Å². The average Bonchev–Trinajstić information content (AvgIpc) is 2.73. The molecule has 29 heavy (non-hydrogen) atoms. The van der Waals surface area contributed by atoms with Gasteiger partial charge < -0.3 is 10.1 Å². The maximum absolute atomic E-state index is 12.3. The zero-order valence-corrected chi connectivity index (χ0v) is 16.8. The fraction of sp³-hybridized carbons (Fsp3) is 0.130. The summed E-state index contributed by atoms with van der Waals surface area (Å²) in [6.07, 6.45) is 1.57. The molecule has 1 amide bonds. The van der Waals surface area contributed by atoms with Crippen molar-refractivity contribution in [3.8, 4) is 5.75 Å². The molecule has 0 aromatic heterocycles. The van der Waals surface area contributed by atoms with Gasteiger partial charge >= 0.3 is 0 Å². The van der Waals surface area contributed by atoms with Crippen LogP contribution in [0.4, 0.5) is 5.69 Å². The second kappa shape index (κ2) is 10.3. The summed E-state index contributed by atoms with van der Waals surface area (Å²) in [7, 11) is 0. The number of nitrogens with zero attached hydrogens (tertiary/aromatic N) is 1. The van der Waals surface area contributed by atoms with Gasteiger partial charge in [-0.05, 0) is 42.8 Å². The molecule has 0 saturated heterocycles. The largest absolute Gasteiger partial charge is 0.488 e. The summed E-state index contributed by atoms with van der Waals surface area (Å²) in [5.74, 6) is 0.434. The molecule has 0 bridgehead atoms. The van der Waals surface area contributed by atoms with Gasteiger partial charge in [-0.2, -0.15) is 5.10 Å². The summed E-state index contributed by atoms with van der Waals surface area (Å²) >= 11 is 5.96. The molecular formula is C23H22ClN3O2. The Hall–Kier alpha value is -3.31. The number of hydrogen-bond donors (Lipinski definition) is 2. The number of ether oxygens (including phenoxy) is 1. The van der Waals surface area contributed by atoms with E-state index in [1.807, 2.05) is 66.7 Å². The third-order valence-electron chi connectivity index (χ3n) is 4.14. The summed E-state index contributed by atoms with van der Waals surface area (Å²) in [5.41, 5.74) is 5.17. The number of carbonyl (C=O) groups is 1. The summed E-state index contributed by atoms with van der Waals surface area (Å²) in [6.45, 7) is 2.21. The number of benzene rings is 3. The predicted octanol–water partition coefficient (Wildman–Crippen LogP) is 4.87. The van der Waals surface area contributed by atoms with Crippen molar-refractivity contribution < 1.29 is 9.53 Å². The van der Waals surface area contributed by atoms with Crippen LogP contribution in [-0.4, -0.2) is 18.2 Å². The predicted molar refractivity (Wildman–Crippen MR) is 117 cm³/mol. The van der Waals surface area contributed by atoms with Gasteiger partial charge in [-0.15, -0.1) is 0 Å². The van der Waals surface area contributed by atoms with E-state index in [1.165, 1.54) is 0 Å². The molecule has 148 valence electrons. The van der Waals surface area contributed by atoms with E-state index in [9.17, 15) is 4.79 Å². The zero-order valence-electron chi connectivity index (χ0n) is 16.0. The summed E-state index contributed by atoms with van der Waals surface area (Å²) < 4.78 is 5.89. The Morgan fingerprint density at radius 3 is 2.62 bits per heavy atom. The van der Waals surface area contributed by atoms with E-state index in [2.05, 4.69) is 15.8 Å². The molecule has 0 radical (unpaired) electrons. The van der Waals surface area contributed by atoms with Crippen LogP contribution in [0.25, 0.3) is 0 Å². The minimum atomic E-state index is -0.477. The van der Waals surface area contributed by atoms with Crippen LogP contribution in [0.3, 0.4) is 0 Å². The van der Waals surface area contributed by atoms with Gasteiger partial charge in [0, 0.05) is 16.3 Å². The van der Waals surface area contributed by atoms with E-state index in [1.54, 1.807) is 25.3 Å². The SMILES string of the molecule is CC(Nc1cccc(Cl)c1)C(=O)NN=Cc1ccccc1OCc1ccccc1. The maximum Gasteiger partial charge on any atom is 0.262 e. The number of anilines is 1. The quantitative estimate of drug-likeness (QED) is 0.413. The highest BCUT2D eigenvalue weighted by atomic mass is 35.5. The Morgan fingerprint density at radius 2 is 1.83 bits per heavy atom. The second-order valence-corrected chi connectivity index (χ2v) is 6.86. The lowest BCUT2D eigenvalue weighted by molar-refractivity contribution is -0.121. The van der Waals surface area contributed by atoms with E-state index < -0.39 is 6.04 Å². The molecule has 0 aliphatic carbocycles. The lowest BCUT2D eigenvalue weighted by Crippen LogP contribution is -2.34. The number of halogens is 1. The van der Waals surface area contributed by atoms with Crippen molar-refractivity contribution in [2.24, 2.45) is 5.10 Å². The van der Waals surface area contributed by atoms with Gasteiger partial charge in [0.15, 0.2) is 0 Å². The van der Waals surface area contributed by atoms with E-state index in [-0.39, 0.29) is 5.91 Å². The number of nitrogens with one attached hydrogen (secondary N) is 2. The van der Waals surface area contributed by atoms with Gasteiger partial charge in [-0.25, -0.2) is 5.43 Å². The fourth-order valence-electron chi connectivity index (χ4n) is 2.61. The van der Waals surface area contributed by atoms with Crippen LogP contribution in [0.5, 0.6) is 5.75 Å². The second-order valence-electron chi connectivity index (χ2n) is 6.42. The normalized spacial score (nSPS) is 11.8. The molecular weight excluding hydrogens is 386 g/mol. The number of hydrogen-bond acceptors (Lipinski definition) is 4. The molecule has 3 aromatic rings. The number of hydrazone groups is 1. The first-order chi connectivity index (χ1) is 14.1. The lowest BCUT2D eigenvalue weighted by atomic mass is 10.2. The topological polar surface area (TPSA) is 62.7 Å². The molecule has 0 spiro atoms. The van der Waals surface area contributed by atoms with Gasteiger partial charge in [-0.3, -0.25) is 4.79 Å². The van der Waals surface area contributed by atoms with E-state index in [0.717, 1.165) is 16.8 Å². The molecule has 0 aliphatic heterocycles. The van der Waals surface area contributed by atoms with Crippen LogP contribution in [0.2, 0.25) is 5.02 Å². The van der Waals surface area contributed by atoms with Crippen molar-refractivity contribution in [1.29, 1.82) is 0 Å². The Bertz CT molecular complexity index is 977. The number of amides is 1. The Kier molecular flexibility index (Phi) is 7.25. The molecule has 3 aromatic carbocycles. The van der Waals surface area contributed by atoms with Crippen LogP contribution in [0.1, 0.15) is 18.1 Å². The molecule has 6 heteroatoms. The average molecular weight is 408 g/mol. The number of rotatable bonds is 8. The summed E-state index contributed by atoms with van der Waals surface area (Å²) in [4.78, 5) is 12.3. The van der Waals surface area contributed by atoms with Gasteiger partial charge in [0.1, 0.15) is 18.4 Å². The molecule has 1 atom stereocenters. The third-order valence-corrected chi connectivity index (χ3v) is 4.37. The highest BCUT2D eigenvalue weighted by molar-refractivity contribution is 6.30. The van der Waals surface area contributed by atoms with Crippen LogP contribution < -0.4 is 15.5 Å². The standard InChI is InChI=1S/C23H22ClN3O2/c1-17(26-21-12-7-11-20(24)14-21)23(28)27-25-15-19-10-5-6-13-22(19)29-16-18-8-3-2-4-9-18/h2-15,17,26H,16H2,1H3,(H,27,28). The highest BCUT2D eigenvalue weighted by Crippen LogP contribution is 2.18. The first kappa shape index (κ1) is 20.4. The molecule has 1 unspecified atom stereocenters. The van der Waals surface area contributed by atoms with Crippen LogP contribution in [0.15, 0.2) is 84.0 Å². The first-order valence-electron chi connectivity index (χ1n) is 9.22. The number of para-hydroxylation sites is 1. The van der Waals surface area contributed by atoms with Crippen molar-refractivity contribution in [2.45, 2.75) is 19.6 Å². The van der Waals surface area contributed by atoms with Crippen molar-refractivity contribution in [1.82, 2.24) is 5.43 Å². The minimum Gasteiger partial charge on any atom is -0.488 e. The van der Waals surface area contributed by atoms with Gasteiger partial charge in [0.05, 0.1) is 6.21 Å². The zero-order chi connectivity index (χ0) is 20.5. The van der Waals surface area contributed by atoms with Gasteiger partial charge in [0.2, 0.25) is 0 Å². The van der Waals surface area contributed by atoms with E-state index >= 15 is 0 Å². The fourth-order valence-corrected chi connectivity index (χ4v) is 2.80. The van der Waals surface area contributed by atoms with Crippen molar-refractivity contribution in [3.63, 3.8) is 0 Å². The molecule has 3 rings (SSSR count). The van der Waals surface area contributed by atoms with Crippen molar-refractivity contribution in [3.05, 3.63) is 95.0 Å². The van der Waals surface area contributed by atoms with Crippen LogP contribution >= 0.6 is 11.6 Å². The molecule has 0 heterocycles. The maximum atomic E-state index is 12.3. The number of carbonyl (C=O) groups excluding carboxylic acids is 1. The van der Waals surface area contributed by atoms with E-state index in [0.29, 0.717) is 17.4 Å². The van der Waals surface area contributed by atoms with Gasteiger partial charge in [-0.1, -0.05) is 60.1 Å². The van der Waals surface area contributed by atoms with E-state index in [4.69, 9.17) is 16.3 Å². The summed E-state index contributed by atoms with van der Waals surface area (Å²) in [6, 6.07) is 24.2. The molecule has 2 N–H and O–H groups in total. The molecule has 0 fully saturated rings. The molecule has 0 aliphatic rings. The smallest absolute Gasteiger partial charge is 0.262 e. The Balaban J connectivity index is 1.56. The first-order valence-corrected chi connectivity index (χ1v) is 9.60. The van der Waals surface area contributed by atoms with Crippen molar-refractivity contribution in [2.75, 3.05) is 5.32 Å². The highest BCUT2D eigenvalue weighted by Gasteiger charge is 2.11. The Morgan fingerprint density at radius 1 is 1.07 bits per heavy atom.